The van der Waals surface area contributed by atoms with Crippen LogP contribution < -0.4 is 16.1 Å². The van der Waals surface area contributed by atoms with Crippen molar-refractivity contribution in [2.24, 2.45) is 5.18 Å². The third kappa shape index (κ3) is 9.05. The highest BCUT2D eigenvalue weighted by atomic mass is 16.5. The maximum atomic E-state index is 13.2. The zero-order valence-electron chi connectivity index (χ0n) is 21.1. The topological polar surface area (TPSA) is 147 Å². The van der Waals surface area contributed by atoms with E-state index in [0.29, 0.717) is 12.1 Å². The Balaban J connectivity index is 1.73. The number of amides is 4. The lowest BCUT2D eigenvalue weighted by Crippen LogP contribution is -2.47. The Morgan fingerprint density at radius 2 is 1.18 bits per heavy atom. The van der Waals surface area contributed by atoms with Gasteiger partial charge in [-0.25, -0.2) is 20.0 Å². The molecule has 11 nitrogen and oxygen atoms in total. The van der Waals surface area contributed by atoms with Crippen molar-refractivity contribution in [1.82, 2.24) is 26.1 Å². The van der Waals surface area contributed by atoms with Gasteiger partial charge in [0, 0.05) is 33.2 Å². The second kappa shape index (κ2) is 14.5. The fourth-order valence-corrected chi connectivity index (χ4v) is 3.91. The van der Waals surface area contributed by atoms with Crippen LogP contribution in [0.15, 0.2) is 78.0 Å². The second-order valence-corrected chi connectivity index (χ2v) is 8.80. The third-order valence-electron chi connectivity index (χ3n) is 5.63. The van der Waals surface area contributed by atoms with Gasteiger partial charge in [0.25, 0.3) is 0 Å². The number of benzene rings is 3. The van der Waals surface area contributed by atoms with Crippen molar-refractivity contribution < 1.29 is 20.0 Å². The van der Waals surface area contributed by atoms with Gasteiger partial charge in [0.05, 0.1) is 6.54 Å². The molecule has 3 aromatic carbocycles. The molecule has 0 radical (unpaired) electrons. The minimum Gasteiger partial charge on any atom is -0.333 e. The number of hydrogen-bond acceptors (Lipinski definition) is 8. The van der Waals surface area contributed by atoms with Gasteiger partial charge < -0.3 is 21.0 Å². The molecule has 0 heterocycles. The number of nitrogens with zero attached hydrogens (tertiary/aromatic N) is 3. The summed E-state index contributed by atoms with van der Waals surface area (Å²) in [5.74, 6) is 0. The van der Waals surface area contributed by atoms with Gasteiger partial charge in [0.1, 0.15) is 6.54 Å². The number of urea groups is 2. The highest BCUT2D eigenvalue weighted by molar-refractivity contribution is 5.93. The Kier molecular flexibility index (Phi) is 10.9. The summed E-state index contributed by atoms with van der Waals surface area (Å²) in [6, 6.07) is 20.5. The molecule has 0 bridgehead atoms. The Labute approximate surface area is 221 Å². The summed E-state index contributed by atoms with van der Waals surface area (Å²) in [5.41, 5.74) is 6.77. The van der Waals surface area contributed by atoms with Crippen LogP contribution in [0.1, 0.15) is 33.4 Å². The molecule has 5 N–H and O–H groups in total. The van der Waals surface area contributed by atoms with Gasteiger partial charge >= 0.3 is 12.1 Å². The van der Waals surface area contributed by atoms with E-state index in [1.54, 1.807) is 49.5 Å². The minimum atomic E-state index is -0.595. The van der Waals surface area contributed by atoms with E-state index in [1.807, 2.05) is 30.3 Å². The van der Waals surface area contributed by atoms with Crippen molar-refractivity contribution in [1.29, 1.82) is 0 Å². The summed E-state index contributed by atoms with van der Waals surface area (Å²) in [5, 5.41) is 28.0. The van der Waals surface area contributed by atoms with E-state index < -0.39 is 12.1 Å². The van der Waals surface area contributed by atoms with Gasteiger partial charge in [0.2, 0.25) is 0 Å². The van der Waals surface area contributed by atoms with Crippen LogP contribution in [-0.4, -0.2) is 39.5 Å². The maximum absolute atomic E-state index is 13.2. The van der Waals surface area contributed by atoms with Crippen molar-refractivity contribution >= 4 is 12.1 Å². The van der Waals surface area contributed by atoms with Crippen LogP contribution in [0.2, 0.25) is 0 Å². The molecule has 0 atom stereocenters. The monoisotopic (exact) mass is 520 g/mol. The molecule has 0 fully saturated rings. The average Bonchev–Trinajstić information content (AvgIpc) is 2.90. The van der Waals surface area contributed by atoms with Crippen LogP contribution in [0.5, 0.6) is 0 Å². The number of hydroxylamine groups is 3. The predicted molar refractivity (Wildman–Crippen MR) is 141 cm³/mol. The van der Waals surface area contributed by atoms with E-state index in [9.17, 15) is 19.7 Å². The first-order chi connectivity index (χ1) is 18.4. The molecule has 0 aliphatic heterocycles. The number of nitroso groups, excluding NO2 is 1. The van der Waals surface area contributed by atoms with Crippen molar-refractivity contribution in [3.63, 3.8) is 0 Å². The first-order valence-corrected chi connectivity index (χ1v) is 12.0. The molecule has 11 heteroatoms. The summed E-state index contributed by atoms with van der Waals surface area (Å²) >= 11 is 0. The smallest absolute Gasteiger partial charge is 0.326 e. The summed E-state index contributed by atoms with van der Waals surface area (Å²) in [6.07, 6.45) is 0. The molecule has 0 saturated carbocycles. The third-order valence-corrected chi connectivity index (χ3v) is 5.63. The second-order valence-electron chi connectivity index (χ2n) is 8.80. The highest BCUT2D eigenvalue weighted by Crippen LogP contribution is 2.12. The largest absolute Gasteiger partial charge is 0.333 e. The normalized spacial score (nSPS) is 10.7. The van der Waals surface area contributed by atoms with Gasteiger partial charge in [-0.3, -0.25) is 0 Å². The van der Waals surface area contributed by atoms with Crippen molar-refractivity contribution in [2.45, 2.75) is 39.3 Å². The van der Waals surface area contributed by atoms with Gasteiger partial charge in [-0.05, 0) is 33.4 Å². The molecule has 0 saturated heterocycles. The molecule has 3 rings (SSSR count). The van der Waals surface area contributed by atoms with Gasteiger partial charge in [-0.15, -0.1) is 0 Å². The van der Waals surface area contributed by atoms with Crippen molar-refractivity contribution in [3.05, 3.63) is 111 Å². The lowest BCUT2D eigenvalue weighted by Gasteiger charge is -2.22. The highest BCUT2D eigenvalue weighted by Gasteiger charge is 2.22. The first-order valence-electron chi connectivity index (χ1n) is 12.0. The van der Waals surface area contributed by atoms with Crippen LogP contribution in [0.4, 0.5) is 9.59 Å². The van der Waals surface area contributed by atoms with Crippen molar-refractivity contribution in [2.75, 3.05) is 7.05 Å². The summed E-state index contributed by atoms with van der Waals surface area (Å²) in [7, 11) is 1.55. The summed E-state index contributed by atoms with van der Waals surface area (Å²) < 4.78 is 0. The van der Waals surface area contributed by atoms with E-state index >= 15 is 0 Å². The van der Waals surface area contributed by atoms with Crippen LogP contribution >= 0.6 is 0 Å². The number of nitrogens with one attached hydrogen (secondary N) is 3. The number of hydrogen-bond donors (Lipinski definition) is 5. The minimum absolute atomic E-state index is 0.00137. The molecule has 0 spiro atoms. The lowest BCUT2D eigenvalue weighted by molar-refractivity contribution is -0.0731. The molecule has 0 aliphatic rings. The molecular weight excluding hydrogens is 488 g/mol. The molecule has 3 aromatic rings. The van der Waals surface area contributed by atoms with Gasteiger partial charge in [0.15, 0.2) is 0 Å². The number of carbonyl (C=O) groups excluding carboxylic acids is 2. The van der Waals surface area contributed by atoms with Crippen LogP contribution in [0, 0.1) is 4.91 Å². The zero-order chi connectivity index (χ0) is 27.3. The SMILES string of the molecule is CN(O)Cc1cccc(CNC(=O)N(Cc2cccc(CNO)c2)C(=O)NCc2cccc(CN=O)c2)c1. The molecule has 38 heavy (non-hydrogen) atoms. The average molecular weight is 521 g/mol. The van der Waals surface area contributed by atoms with E-state index in [2.05, 4.69) is 21.3 Å². The Bertz CT molecular complexity index is 1240. The fourth-order valence-electron chi connectivity index (χ4n) is 3.91. The van der Waals surface area contributed by atoms with Crippen LogP contribution in [0.3, 0.4) is 0 Å². The van der Waals surface area contributed by atoms with Gasteiger partial charge in [-0.1, -0.05) is 78.0 Å². The summed E-state index contributed by atoms with van der Waals surface area (Å²) in [6.45, 7) is 0.922. The molecule has 4 amide bonds. The quantitative estimate of drug-likeness (QED) is 0.180. The van der Waals surface area contributed by atoms with E-state index in [-0.39, 0.29) is 32.7 Å². The van der Waals surface area contributed by atoms with E-state index in [0.717, 1.165) is 37.8 Å². The number of rotatable bonds is 12. The van der Waals surface area contributed by atoms with Crippen LogP contribution in [0.25, 0.3) is 0 Å². The summed E-state index contributed by atoms with van der Waals surface area (Å²) in [4.78, 5) is 38.0. The molecular formula is C27H32N6O5. The molecule has 0 unspecified atom stereocenters. The maximum Gasteiger partial charge on any atom is 0.326 e. The molecule has 0 aliphatic carbocycles. The van der Waals surface area contributed by atoms with Gasteiger partial charge in [-0.2, -0.15) is 9.97 Å². The molecule has 200 valence electrons. The Morgan fingerprint density at radius 1 is 0.737 bits per heavy atom. The predicted octanol–water partition coefficient (Wildman–Crippen LogP) is 3.87. The molecule has 0 aromatic heterocycles. The zero-order valence-corrected chi connectivity index (χ0v) is 21.1. The van der Waals surface area contributed by atoms with E-state index in [4.69, 9.17) is 5.21 Å². The number of imide groups is 1. The first kappa shape index (κ1) is 28.4. The Hall–Kier alpha value is -4.16. The fraction of sp³-hybridized carbons (Fsp3) is 0.259. The standard InChI is InChI=1S/C27H32N6O5/c1-32(38)18-24-9-3-6-21(12-24)15-29-27(35)33(19-25-10-4-8-23(13-25)17-31-37)26(34)28-14-20-5-2-7-22(11-20)16-30-36/h2-13,31,37-38H,14-19H2,1H3,(H,28,34)(H,29,35). The lowest BCUT2D eigenvalue weighted by atomic mass is 10.1. The van der Waals surface area contributed by atoms with E-state index in [1.165, 1.54) is 0 Å². The van der Waals surface area contributed by atoms with Crippen molar-refractivity contribution in [3.8, 4) is 0 Å². The Morgan fingerprint density at radius 3 is 1.68 bits per heavy atom. The van der Waals surface area contributed by atoms with Crippen LogP contribution in [-0.2, 0) is 39.3 Å². The number of carbonyl (C=O) groups is 2.